The van der Waals surface area contributed by atoms with Gasteiger partial charge in [-0.3, -0.25) is 4.79 Å². The van der Waals surface area contributed by atoms with E-state index in [4.69, 9.17) is 5.73 Å². The van der Waals surface area contributed by atoms with Crippen LogP contribution in [0.3, 0.4) is 0 Å². The van der Waals surface area contributed by atoms with Crippen molar-refractivity contribution in [3.05, 3.63) is 35.4 Å². The molecule has 0 heterocycles. The Balaban J connectivity index is 2.59. The van der Waals surface area contributed by atoms with E-state index >= 15 is 0 Å². The minimum atomic E-state index is -0.397. The first-order chi connectivity index (χ1) is 9.04. The molecule has 0 aromatic heterocycles. The number of amides is 1. The predicted octanol–water partition coefficient (Wildman–Crippen LogP) is 1.49. The van der Waals surface area contributed by atoms with Gasteiger partial charge in [0.05, 0.1) is 6.04 Å². The summed E-state index contributed by atoms with van der Waals surface area (Å²) in [6, 6.07) is 7.75. The molecule has 0 saturated carbocycles. The van der Waals surface area contributed by atoms with E-state index in [2.05, 4.69) is 16.3 Å². The van der Waals surface area contributed by atoms with Gasteiger partial charge in [0.25, 0.3) is 0 Å². The Morgan fingerprint density at radius 3 is 2.53 bits per heavy atom. The molecule has 0 radical (unpaired) electrons. The van der Waals surface area contributed by atoms with Gasteiger partial charge in [-0.15, -0.1) is 0 Å². The number of nitrogens with one attached hydrogen (secondary N) is 1. The van der Waals surface area contributed by atoms with Crippen LogP contribution in [-0.4, -0.2) is 30.9 Å². The van der Waals surface area contributed by atoms with Crippen LogP contribution in [0.2, 0.25) is 0 Å². The standard InChI is InChI=1S/C15H25N3O/c1-4-7-14(16)15(19)17-10-12-8-5-6-9-13(12)11-18(2)3/h5-6,8-9,14H,4,7,10-11,16H2,1-3H3,(H,17,19). The second-order valence-corrected chi connectivity index (χ2v) is 5.12. The van der Waals surface area contributed by atoms with Gasteiger partial charge in [-0.25, -0.2) is 0 Å². The lowest BCUT2D eigenvalue weighted by Gasteiger charge is -2.16. The van der Waals surface area contributed by atoms with Gasteiger partial charge in [0.1, 0.15) is 0 Å². The minimum Gasteiger partial charge on any atom is -0.351 e. The summed E-state index contributed by atoms with van der Waals surface area (Å²) in [5.74, 6) is -0.0680. The van der Waals surface area contributed by atoms with Gasteiger partial charge in [0, 0.05) is 13.1 Å². The fourth-order valence-corrected chi connectivity index (χ4v) is 1.98. The molecule has 0 aliphatic rings. The van der Waals surface area contributed by atoms with Crippen molar-refractivity contribution >= 4 is 5.91 Å². The molecule has 1 atom stereocenters. The summed E-state index contributed by atoms with van der Waals surface area (Å²) in [5.41, 5.74) is 8.17. The monoisotopic (exact) mass is 263 g/mol. The predicted molar refractivity (Wildman–Crippen MR) is 78.6 cm³/mol. The smallest absolute Gasteiger partial charge is 0.237 e. The summed E-state index contributed by atoms with van der Waals surface area (Å²) in [6.45, 7) is 3.44. The van der Waals surface area contributed by atoms with E-state index in [9.17, 15) is 4.79 Å². The van der Waals surface area contributed by atoms with Crippen LogP contribution < -0.4 is 11.1 Å². The Bertz CT molecular complexity index is 404. The Kier molecular flexibility index (Phi) is 6.53. The summed E-state index contributed by atoms with van der Waals surface area (Å²) >= 11 is 0. The SMILES string of the molecule is CCCC(N)C(=O)NCc1ccccc1CN(C)C. The van der Waals surface area contributed by atoms with Crippen LogP contribution in [0.5, 0.6) is 0 Å². The number of carbonyl (C=O) groups excluding carboxylic acids is 1. The van der Waals surface area contributed by atoms with E-state index in [0.717, 1.165) is 24.9 Å². The zero-order valence-electron chi connectivity index (χ0n) is 12.1. The summed E-state index contributed by atoms with van der Waals surface area (Å²) in [4.78, 5) is 13.9. The number of nitrogens with zero attached hydrogens (tertiary/aromatic N) is 1. The van der Waals surface area contributed by atoms with E-state index in [0.29, 0.717) is 6.54 Å². The molecule has 1 aromatic rings. The summed E-state index contributed by atoms with van der Waals surface area (Å²) < 4.78 is 0. The number of nitrogens with two attached hydrogens (primary N) is 1. The van der Waals surface area contributed by atoms with Crippen LogP contribution in [0.25, 0.3) is 0 Å². The number of hydrogen-bond donors (Lipinski definition) is 2. The highest BCUT2D eigenvalue weighted by Crippen LogP contribution is 2.10. The normalized spacial score (nSPS) is 12.5. The van der Waals surface area contributed by atoms with E-state index in [1.54, 1.807) is 0 Å². The van der Waals surface area contributed by atoms with Crippen molar-refractivity contribution in [3.8, 4) is 0 Å². The summed E-state index contributed by atoms with van der Waals surface area (Å²) in [5, 5.41) is 2.91. The Morgan fingerprint density at radius 1 is 1.32 bits per heavy atom. The van der Waals surface area contributed by atoms with Crippen LogP contribution in [0.4, 0.5) is 0 Å². The molecule has 1 unspecified atom stereocenters. The molecule has 4 nitrogen and oxygen atoms in total. The number of carbonyl (C=O) groups is 1. The molecule has 0 spiro atoms. The topological polar surface area (TPSA) is 58.4 Å². The van der Waals surface area contributed by atoms with Crippen LogP contribution in [0.15, 0.2) is 24.3 Å². The van der Waals surface area contributed by atoms with Crippen LogP contribution in [-0.2, 0) is 17.9 Å². The molecular formula is C15H25N3O. The van der Waals surface area contributed by atoms with Gasteiger partial charge in [0.2, 0.25) is 5.91 Å². The van der Waals surface area contributed by atoms with E-state index in [1.807, 2.05) is 39.2 Å². The molecular weight excluding hydrogens is 238 g/mol. The molecule has 4 heteroatoms. The van der Waals surface area contributed by atoms with Crippen LogP contribution >= 0.6 is 0 Å². The highest BCUT2D eigenvalue weighted by atomic mass is 16.2. The highest BCUT2D eigenvalue weighted by molar-refractivity contribution is 5.81. The van der Waals surface area contributed by atoms with Gasteiger partial charge in [-0.05, 0) is 31.6 Å². The minimum absolute atomic E-state index is 0.0680. The maximum absolute atomic E-state index is 11.8. The van der Waals surface area contributed by atoms with Crippen LogP contribution in [0, 0.1) is 0 Å². The molecule has 0 saturated heterocycles. The first-order valence-electron chi connectivity index (χ1n) is 6.79. The molecule has 0 fully saturated rings. The van der Waals surface area contributed by atoms with Gasteiger partial charge in [-0.1, -0.05) is 37.6 Å². The Hall–Kier alpha value is -1.39. The van der Waals surface area contributed by atoms with Crippen molar-refractivity contribution in [2.24, 2.45) is 5.73 Å². The average Bonchev–Trinajstić information content (AvgIpc) is 2.37. The van der Waals surface area contributed by atoms with Crippen molar-refractivity contribution in [1.82, 2.24) is 10.2 Å². The molecule has 19 heavy (non-hydrogen) atoms. The Labute approximate surface area is 116 Å². The average molecular weight is 263 g/mol. The summed E-state index contributed by atoms with van der Waals surface area (Å²) in [6.07, 6.45) is 1.65. The van der Waals surface area contributed by atoms with E-state index < -0.39 is 6.04 Å². The maximum Gasteiger partial charge on any atom is 0.237 e. The van der Waals surface area contributed by atoms with Gasteiger partial charge in [0.15, 0.2) is 0 Å². The molecule has 1 amide bonds. The zero-order chi connectivity index (χ0) is 14.3. The van der Waals surface area contributed by atoms with Crippen molar-refractivity contribution in [1.29, 1.82) is 0 Å². The second-order valence-electron chi connectivity index (χ2n) is 5.12. The lowest BCUT2D eigenvalue weighted by atomic mass is 10.1. The number of hydrogen-bond acceptors (Lipinski definition) is 3. The zero-order valence-corrected chi connectivity index (χ0v) is 12.1. The van der Waals surface area contributed by atoms with Gasteiger partial charge >= 0.3 is 0 Å². The molecule has 0 aliphatic heterocycles. The van der Waals surface area contributed by atoms with Gasteiger partial charge < -0.3 is 16.0 Å². The number of rotatable bonds is 7. The molecule has 3 N–H and O–H groups in total. The van der Waals surface area contributed by atoms with E-state index in [-0.39, 0.29) is 5.91 Å². The van der Waals surface area contributed by atoms with Crippen molar-refractivity contribution < 1.29 is 4.79 Å². The molecule has 1 aromatic carbocycles. The first kappa shape index (κ1) is 15.7. The fourth-order valence-electron chi connectivity index (χ4n) is 1.98. The highest BCUT2D eigenvalue weighted by Gasteiger charge is 2.12. The third-order valence-electron chi connectivity index (χ3n) is 2.99. The third kappa shape index (κ3) is 5.41. The molecule has 0 bridgehead atoms. The molecule has 106 valence electrons. The Morgan fingerprint density at radius 2 is 1.95 bits per heavy atom. The summed E-state index contributed by atoms with van der Waals surface area (Å²) in [7, 11) is 4.07. The lowest BCUT2D eigenvalue weighted by molar-refractivity contribution is -0.122. The number of benzene rings is 1. The van der Waals surface area contributed by atoms with Gasteiger partial charge in [-0.2, -0.15) is 0 Å². The maximum atomic E-state index is 11.8. The quantitative estimate of drug-likeness (QED) is 0.783. The fraction of sp³-hybridized carbons (Fsp3) is 0.533. The largest absolute Gasteiger partial charge is 0.351 e. The van der Waals surface area contributed by atoms with E-state index in [1.165, 1.54) is 5.56 Å². The van der Waals surface area contributed by atoms with Crippen LogP contribution in [0.1, 0.15) is 30.9 Å². The van der Waals surface area contributed by atoms with Crippen molar-refractivity contribution in [2.45, 2.75) is 38.9 Å². The van der Waals surface area contributed by atoms with Crippen molar-refractivity contribution in [3.63, 3.8) is 0 Å². The third-order valence-corrected chi connectivity index (χ3v) is 2.99. The second kappa shape index (κ2) is 7.92. The first-order valence-corrected chi connectivity index (χ1v) is 6.79. The molecule has 0 aliphatic carbocycles. The lowest BCUT2D eigenvalue weighted by Crippen LogP contribution is -2.40. The van der Waals surface area contributed by atoms with Crippen molar-refractivity contribution in [2.75, 3.05) is 14.1 Å². The molecule has 1 rings (SSSR count).